The molecule has 0 saturated heterocycles. The molecule has 186 valence electrons. The van der Waals surface area contributed by atoms with Crippen molar-refractivity contribution >= 4 is 23.6 Å². The number of nitrogens with zero attached hydrogens (tertiary/aromatic N) is 3. The second kappa shape index (κ2) is 12.4. The number of hydrogen-bond acceptors (Lipinski definition) is 7. The zero-order valence-corrected chi connectivity index (χ0v) is 21.6. The molecule has 0 bridgehead atoms. The molecule has 0 unspecified atom stereocenters. The Hall–Kier alpha value is -3.33. The van der Waals surface area contributed by atoms with Gasteiger partial charge in [-0.25, -0.2) is 0 Å². The number of aryl methyl sites for hydroxylation is 2. The number of carbonyl (C=O) groups is 2. The van der Waals surface area contributed by atoms with Crippen LogP contribution in [-0.4, -0.2) is 45.6 Å². The van der Waals surface area contributed by atoms with Crippen molar-refractivity contribution in [1.29, 1.82) is 0 Å². The van der Waals surface area contributed by atoms with Gasteiger partial charge in [0.2, 0.25) is 0 Å². The van der Waals surface area contributed by atoms with Crippen molar-refractivity contribution in [2.45, 2.75) is 57.5 Å². The molecule has 0 aliphatic heterocycles. The van der Waals surface area contributed by atoms with Crippen LogP contribution in [-0.2, 0) is 28.9 Å². The van der Waals surface area contributed by atoms with Gasteiger partial charge in [0.25, 0.3) is 5.91 Å². The van der Waals surface area contributed by atoms with Crippen LogP contribution in [0.1, 0.15) is 55.0 Å². The Bertz CT molecular complexity index is 1140. The Balaban J connectivity index is 1.96. The van der Waals surface area contributed by atoms with Crippen LogP contribution in [0.4, 0.5) is 0 Å². The first-order valence-electron chi connectivity index (χ1n) is 11.7. The van der Waals surface area contributed by atoms with E-state index in [0.717, 1.165) is 29.7 Å². The van der Waals surface area contributed by atoms with E-state index in [1.165, 1.54) is 11.8 Å². The topological polar surface area (TPSA) is 95.3 Å². The van der Waals surface area contributed by atoms with E-state index in [9.17, 15) is 9.59 Å². The van der Waals surface area contributed by atoms with E-state index in [1.807, 2.05) is 10.6 Å². The molecule has 1 atom stereocenters. The summed E-state index contributed by atoms with van der Waals surface area (Å²) in [5.74, 6) is 0.736. The van der Waals surface area contributed by atoms with Gasteiger partial charge in [0, 0.05) is 5.56 Å². The monoisotopic (exact) mass is 496 g/mol. The highest BCUT2D eigenvalue weighted by molar-refractivity contribution is 8.00. The zero-order valence-electron chi connectivity index (χ0n) is 20.8. The molecule has 2 aromatic carbocycles. The molecule has 1 N–H and O–H groups in total. The lowest BCUT2D eigenvalue weighted by molar-refractivity contribution is -0.142. The van der Waals surface area contributed by atoms with Crippen molar-refractivity contribution in [3.63, 3.8) is 0 Å². The van der Waals surface area contributed by atoms with Crippen LogP contribution in [0.15, 0.2) is 47.6 Å². The molecule has 0 spiro atoms. The fourth-order valence-electron chi connectivity index (χ4n) is 3.69. The van der Waals surface area contributed by atoms with Crippen molar-refractivity contribution in [3.8, 4) is 11.4 Å². The van der Waals surface area contributed by atoms with Crippen LogP contribution in [0.3, 0.4) is 0 Å². The third-order valence-electron chi connectivity index (χ3n) is 5.55. The Labute approximate surface area is 210 Å². The molecule has 0 saturated carbocycles. The first kappa shape index (κ1) is 26.3. The smallest absolute Gasteiger partial charge is 0.319 e. The van der Waals surface area contributed by atoms with E-state index < -0.39 is 5.25 Å². The second-order valence-electron chi connectivity index (χ2n) is 7.79. The van der Waals surface area contributed by atoms with Gasteiger partial charge in [-0.1, -0.05) is 43.8 Å². The van der Waals surface area contributed by atoms with Gasteiger partial charge in [0.05, 0.1) is 25.9 Å². The van der Waals surface area contributed by atoms with Crippen LogP contribution in [0, 0.1) is 0 Å². The first-order chi connectivity index (χ1) is 16.9. The summed E-state index contributed by atoms with van der Waals surface area (Å²) in [6.45, 7) is 8.26. The summed E-state index contributed by atoms with van der Waals surface area (Å²) in [7, 11) is 1.58. The lowest BCUT2D eigenvalue weighted by Gasteiger charge is -2.19. The van der Waals surface area contributed by atoms with Gasteiger partial charge >= 0.3 is 5.97 Å². The predicted molar refractivity (Wildman–Crippen MR) is 136 cm³/mol. The Morgan fingerprint density at radius 2 is 1.69 bits per heavy atom. The van der Waals surface area contributed by atoms with Gasteiger partial charge in [0.1, 0.15) is 11.0 Å². The third kappa shape index (κ3) is 6.22. The van der Waals surface area contributed by atoms with Gasteiger partial charge in [0.15, 0.2) is 11.0 Å². The van der Waals surface area contributed by atoms with Crippen LogP contribution < -0.4 is 10.1 Å². The summed E-state index contributed by atoms with van der Waals surface area (Å²) in [6, 6.07) is 13.1. The number of methoxy groups -OCH3 is 1. The summed E-state index contributed by atoms with van der Waals surface area (Å²) in [6.07, 6.45) is 1.63. The Morgan fingerprint density at radius 3 is 2.26 bits per heavy atom. The minimum Gasteiger partial charge on any atom is -0.497 e. The number of esters is 1. The zero-order chi connectivity index (χ0) is 25.4. The van der Waals surface area contributed by atoms with Crippen LogP contribution in [0.2, 0.25) is 0 Å². The molecule has 9 heteroatoms. The highest BCUT2D eigenvalue weighted by atomic mass is 32.2. The maximum absolute atomic E-state index is 12.8. The predicted octanol–water partition coefficient (Wildman–Crippen LogP) is 4.37. The SMILES string of the molecule is CCOC(=O)[C@H](C)Sc1nnc(CNC(=O)c2ccc(OC)cc2)n1-c1c(CC)cccc1CC. The number of rotatable bonds is 11. The molecule has 0 aliphatic carbocycles. The van der Waals surface area contributed by atoms with Crippen LogP contribution in [0.5, 0.6) is 5.75 Å². The maximum atomic E-state index is 12.8. The van der Waals surface area contributed by atoms with Gasteiger partial charge < -0.3 is 14.8 Å². The number of hydrogen-bond donors (Lipinski definition) is 1. The molecule has 1 amide bonds. The third-order valence-corrected chi connectivity index (χ3v) is 6.57. The molecule has 8 nitrogen and oxygen atoms in total. The Kier molecular flexibility index (Phi) is 9.31. The largest absolute Gasteiger partial charge is 0.497 e. The minimum absolute atomic E-state index is 0.174. The molecule has 0 aliphatic rings. The van der Waals surface area contributed by atoms with Gasteiger partial charge in [-0.05, 0) is 62.1 Å². The fourth-order valence-corrected chi connectivity index (χ4v) is 4.56. The molecular formula is C26H32N4O4S. The van der Waals surface area contributed by atoms with E-state index in [4.69, 9.17) is 9.47 Å². The number of benzene rings is 2. The first-order valence-corrected chi connectivity index (χ1v) is 12.6. The molecule has 3 rings (SSSR count). The molecule has 3 aromatic rings. The van der Waals surface area contributed by atoms with E-state index in [1.54, 1.807) is 45.2 Å². The number of ether oxygens (including phenoxy) is 2. The van der Waals surface area contributed by atoms with Gasteiger partial charge in [-0.2, -0.15) is 0 Å². The van der Waals surface area contributed by atoms with Crippen molar-refractivity contribution in [2.75, 3.05) is 13.7 Å². The summed E-state index contributed by atoms with van der Waals surface area (Å²) in [5, 5.41) is 11.9. The second-order valence-corrected chi connectivity index (χ2v) is 9.10. The fraction of sp³-hybridized carbons (Fsp3) is 0.385. The number of amides is 1. The van der Waals surface area contributed by atoms with Crippen LogP contribution >= 0.6 is 11.8 Å². The number of aromatic nitrogens is 3. The summed E-state index contributed by atoms with van der Waals surface area (Å²) in [4.78, 5) is 25.1. The quantitative estimate of drug-likeness (QED) is 0.311. The standard InChI is InChI=1S/C26H32N4O4S/c1-6-18-10-9-11-19(7-2)23(18)30-22(28-29-26(30)35-17(4)25(32)34-8-3)16-27-24(31)20-12-14-21(33-5)15-13-20/h9-15,17H,6-8,16H2,1-5H3,(H,27,31)/t17-/m0/s1. The average molecular weight is 497 g/mol. The molecule has 1 aromatic heterocycles. The minimum atomic E-state index is -0.460. The highest BCUT2D eigenvalue weighted by Crippen LogP contribution is 2.30. The lowest BCUT2D eigenvalue weighted by atomic mass is 10.0. The van der Waals surface area contributed by atoms with Crippen molar-refractivity contribution in [2.24, 2.45) is 0 Å². The number of para-hydroxylation sites is 1. The molecule has 0 fully saturated rings. The summed E-state index contributed by atoms with van der Waals surface area (Å²) in [5.41, 5.74) is 3.79. The maximum Gasteiger partial charge on any atom is 0.319 e. The van der Waals surface area contributed by atoms with Crippen molar-refractivity contribution < 1.29 is 19.1 Å². The van der Waals surface area contributed by atoms with E-state index in [-0.39, 0.29) is 18.4 Å². The van der Waals surface area contributed by atoms with E-state index in [2.05, 4.69) is 41.5 Å². The van der Waals surface area contributed by atoms with Gasteiger partial charge in [-0.3, -0.25) is 14.2 Å². The normalized spacial score (nSPS) is 11.7. The van der Waals surface area contributed by atoms with Crippen LogP contribution in [0.25, 0.3) is 5.69 Å². The summed E-state index contributed by atoms with van der Waals surface area (Å²) >= 11 is 1.30. The van der Waals surface area contributed by atoms with E-state index in [0.29, 0.717) is 28.9 Å². The van der Waals surface area contributed by atoms with E-state index >= 15 is 0 Å². The molecular weight excluding hydrogens is 464 g/mol. The number of nitrogens with one attached hydrogen (secondary N) is 1. The Morgan fingerprint density at radius 1 is 1.03 bits per heavy atom. The summed E-state index contributed by atoms with van der Waals surface area (Å²) < 4.78 is 12.3. The van der Waals surface area contributed by atoms with Gasteiger partial charge in [-0.15, -0.1) is 10.2 Å². The molecule has 1 heterocycles. The molecule has 0 radical (unpaired) electrons. The van der Waals surface area contributed by atoms with Crippen molar-refractivity contribution in [1.82, 2.24) is 20.1 Å². The average Bonchev–Trinajstić information content (AvgIpc) is 3.28. The lowest BCUT2D eigenvalue weighted by Crippen LogP contribution is -2.25. The number of carbonyl (C=O) groups excluding carboxylic acids is 2. The number of thioether (sulfide) groups is 1. The highest BCUT2D eigenvalue weighted by Gasteiger charge is 2.24. The molecule has 35 heavy (non-hydrogen) atoms. The van der Waals surface area contributed by atoms with Crippen molar-refractivity contribution in [3.05, 3.63) is 65.0 Å².